The van der Waals surface area contributed by atoms with Gasteiger partial charge in [-0.15, -0.1) is 0 Å². The summed E-state index contributed by atoms with van der Waals surface area (Å²) in [5, 5.41) is 0. The van der Waals surface area contributed by atoms with Crippen molar-refractivity contribution >= 4 is 17.4 Å². The molecular weight excluding hydrogens is 419 g/mol. The highest BCUT2D eigenvalue weighted by Gasteiger charge is 2.37. The average Bonchev–Trinajstić information content (AvgIpc) is 2.74. The number of amides is 1. The van der Waals surface area contributed by atoms with Crippen LogP contribution in [0.3, 0.4) is 0 Å². The number of carbonyl (C=O) groups is 2. The number of aryl methyl sites for hydroxylation is 1. The molecule has 2 aromatic carbocycles. The summed E-state index contributed by atoms with van der Waals surface area (Å²) in [7, 11) is 0. The van der Waals surface area contributed by atoms with E-state index < -0.39 is 17.3 Å². The summed E-state index contributed by atoms with van der Waals surface area (Å²) in [5.74, 6) is -0.980. The molecule has 1 heterocycles. The summed E-state index contributed by atoms with van der Waals surface area (Å²) < 4.78 is 14.8. The van der Waals surface area contributed by atoms with Crippen LogP contribution >= 0.6 is 0 Å². The van der Waals surface area contributed by atoms with Gasteiger partial charge in [-0.1, -0.05) is 26.0 Å². The van der Waals surface area contributed by atoms with Crippen molar-refractivity contribution in [2.75, 3.05) is 11.4 Å². The van der Waals surface area contributed by atoms with Crippen LogP contribution in [0.5, 0.6) is 0 Å². The Morgan fingerprint density at radius 1 is 1.09 bits per heavy atom. The first kappa shape index (κ1) is 22.6. The normalized spacial score (nSPS) is 14.6. The first-order valence-corrected chi connectivity index (χ1v) is 11.1. The lowest BCUT2D eigenvalue weighted by Gasteiger charge is -2.32. The number of fused-ring (bicyclic) bond motifs is 1. The first-order chi connectivity index (χ1) is 15.6. The van der Waals surface area contributed by atoms with Gasteiger partial charge in [0.1, 0.15) is 11.4 Å². The van der Waals surface area contributed by atoms with Crippen molar-refractivity contribution in [2.45, 2.75) is 40.5 Å². The van der Waals surface area contributed by atoms with Gasteiger partial charge in [0.25, 0.3) is 11.5 Å². The third-order valence-electron chi connectivity index (χ3n) is 6.11. The summed E-state index contributed by atoms with van der Waals surface area (Å²) in [6, 6.07) is 13.0. The van der Waals surface area contributed by atoms with E-state index in [1.165, 1.54) is 35.0 Å². The number of hydrogen-bond donors (Lipinski definition) is 0. The fraction of sp³-hybridized carbons (Fsp3) is 0.296. The zero-order valence-corrected chi connectivity index (χ0v) is 19.3. The highest BCUT2D eigenvalue weighted by molar-refractivity contribution is 6.10. The summed E-state index contributed by atoms with van der Waals surface area (Å²) in [6.07, 6.45) is 2.27. The van der Waals surface area contributed by atoms with E-state index in [-0.39, 0.29) is 16.8 Å². The van der Waals surface area contributed by atoms with Crippen LogP contribution in [0.15, 0.2) is 59.5 Å². The highest BCUT2D eigenvalue weighted by Crippen LogP contribution is 2.36. The number of ketones is 1. The van der Waals surface area contributed by atoms with Gasteiger partial charge in [0.2, 0.25) is 0 Å². The second-order valence-electron chi connectivity index (χ2n) is 9.38. The van der Waals surface area contributed by atoms with E-state index in [0.29, 0.717) is 41.9 Å². The predicted molar refractivity (Wildman–Crippen MR) is 127 cm³/mol. The largest absolute Gasteiger partial charge is 0.308 e. The minimum Gasteiger partial charge on any atom is -0.308 e. The monoisotopic (exact) mass is 446 g/mol. The van der Waals surface area contributed by atoms with Crippen LogP contribution in [-0.4, -0.2) is 22.8 Å². The number of anilines is 1. The molecule has 0 unspecified atom stereocenters. The number of hydrogen-bond acceptors (Lipinski definition) is 3. The van der Waals surface area contributed by atoms with E-state index in [1.54, 1.807) is 4.90 Å². The summed E-state index contributed by atoms with van der Waals surface area (Å²) >= 11 is 0. The van der Waals surface area contributed by atoms with Crippen molar-refractivity contribution in [3.05, 3.63) is 93.2 Å². The molecule has 1 aromatic heterocycles. The minimum atomic E-state index is -0.512. The SMILES string of the molecule is CCN(C(=O)c1c2c(cn(-c3ccc(F)cc3)c1=O)C(=O)CC(C)(C)C2)c1cccc(C)c1. The van der Waals surface area contributed by atoms with Crippen molar-refractivity contribution in [3.63, 3.8) is 0 Å². The van der Waals surface area contributed by atoms with Gasteiger partial charge in [0, 0.05) is 36.1 Å². The molecule has 33 heavy (non-hydrogen) atoms. The van der Waals surface area contributed by atoms with Gasteiger partial charge >= 0.3 is 0 Å². The molecule has 0 spiro atoms. The first-order valence-electron chi connectivity index (χ1n) is 11.1. The Balaban J connectivity index is 1.97. The van der Waals surface area contributed by atoms with Gasteiger partial charge in [-0.3, -0.25) is 19.0 Å². The summed E-state index contributed by atoms with van der Waals surface area (Å²) in [4.78, 5) is 42.2. The third kappa shape index (κ3) is 4.25. The molecule has 0 saturated heterocycles. The molecule has 0 atom stereocenters. The van der Waals surface area contributed by atoms with Gasteiger partial charge < -0.3 is 4.90 Å². The van der Waals surface area contributed by atoms with Crippen molar-refractivity contribution < 1.29 is 14.0 Å². The molecule has 0 saturated carbocycles. The number of nitrogens with zero attached hydrogens (tertiary/aromatic N) is 2. The van der Waals surface area contributed by atoms with E-state index in [2.05, 4.69) is 0 Å². The van der Waals surface area contributed by atoms with Gasteiger partial charge in [-0.25, -0.2) is 4.39 Å². The lowest BCUT2D eigenvalue weighted by molar-refractivity contribution is 0.0910. The number of pyridine rings is 1. The molecule has 0 fully saturated rings. The Morgan fingerprint density at radius 3 is 2.42 bits per heavy atom. The van der Waals surface area contributed by atoms with Crippen LogP contribution in [0, 0.1) is 18.2 Å². The molecule has 170 valence electrons. The highest BCUT2D eigenvalue weighted by atomic mass is 19.1. The summed E-state index contributed by atoms with van der Waals surface area (Å²) in [6.45, 7) is 8.08. The number of rotatable bonds is 4. The van der Waals surface area contributed by atoms with Crippen LogP contribution in [0.2, 0.25) is 0 Å². The van der Waals surface area contributed by atoms with Crippen LogP contribution in [0.1, 0.15) is 59.0 Å². The Morgan fingerprint density at radius 2 is 1.79 bits per heavy atom. The number of Topliss-reactive ketones (excluding diaryl/α,β-unsaturated/α-hetero) is 1. The summed E-state index contributed by atoms with van der Waals surface area (Å²) in [5.41, 5.74) is 2.08. The fourth-order valence-electron chi connectivity index (χ4n) is 4.53. The van der Waals surface area contributed by atoms with E-state index in [0.717, 1.165) is 5.56 Å². The molecule has 0 aliphatic heterocycles. The van der Waals surface area contributed by atoms with Crippen molar-refractivity contribution in [2.24, 2.45) is 5.41 Å². The molecule has 0 radical (unpaired) electrons. The van der Waals surface area contributed by atoms with E-state index >= 15 is 0 Å². The van der Waals surface area contributed by atoms with Gasteiger partial charge in [0.15, 0.2) is 5.78 Å². The van der Waals surface area contributed by atoms with Gasteiger partial charge in [-0.2, -0.15) is 0 Å². The number of halogens is 1. The smallest absolute Gasteiger partial charge is 0.268 e. The molecule has 3 aromatic rings. The van der Waals surface area contributed by atoms with Crippen molar-refractivity contribution in [1.29, 1.82) is 0 Å². The molecular formula is C27H27FN2O3. The number of benzene rings is 2. The van der Waals surface area contributed by atoms with Crippen LogP contribution < -0.4 is 10.5 Å². The second-order valence-corrected chi connectivity index (χ2v) is 9.38. The standard InChI is InChI=1S/C27H27FN2O3/c1-5-29(20-8-6-7-17(2)13-20)25(32)24-21-14-27(3,4)15-23(31)22(21)16-30(26(24)33)19-11-9-18(28)10-12-19/h6-13,16H,5,14-15H2,1-4H3. The Hall–Kier alpha value is -3.54. The average molecular weight is 447 g/mol. The Kier molecular flexibility index (Phi) is 5.78. The van der Waals surface area contributed by atoms with E-state index in [1.807, 2.05) is 52.0 Å². The maximum absolute atomic E-state index is 13.9. The number of carbonyl (C=O) groups excluding carboxylic acids is 2. The second kappa shape index (κ2) is 8.43. The lowest BCUT2D eigenvalue weighted by atomic mass is 9.73. The minimum absolute atomic E-state index is 0.00121. The molecule has 1 aliphatic carbocycles. The van der Waals surface area contributed by atoms with Gasteiger partial charge in [-0.05, 0) is 73.2 Å². The maximum Gasteiger partial charge on any atom is 0.268 e. The molecule has 0 bridgehead atoms. The number of aromatic nitrogens is 1. The lowest BCUT2D eigenvalue weighted by Crippen LogP contribution is -2.41. The van der Waals surface area contributed by atoms with Crippen molar-refractivity contribution in [3.8, 4) is 5.69 Å². The van der Waals surface area contributed by atoms with Crippen LogP contribution in [-0.2, 0) is 6.42 Å². The molecule has 4 rings (SSSR count). The molecule has 0 N–H and O–H groups in total. The Bertz CT molecular complexity index is 1310. The topological polar surface area (TPSA) is 59.4 Å². The third-order valence-corrected chi connectivity index (χ3v) is 6.11. The van der Waals surface area contributed by atoms with Crippen LogP contribution in [0.25, 0.3) is 5.69 Å². The Labute approximate surface area is 192 Å². The van der Waals surface area contributed by atoms with E-state index in [9.17, 15) is 18.8 Å². The molecule has 1 aliphatic rings. The molecule has 1 amide bonds. The molecule has 6 heteroatoms. The van der Waals surface area contributed by atoms with Crippen LogP contribution in [0.4, 0.5) is 10.1 Å². The predicted octanol–water partition coefficient (Wildman–Crippen LogP) is 5.11. The zero-order chi connectivity index (χ0) is 23.9. The van der Waals surface area contributed by atoms with Crippen molar-refractivity contribution in [1.82, 2.24) is 4.57 Å². The quantitative estimate of drug-likeness (QED) is 0.560. The van der Waals surface area contributed by atoms with E-state index in [4.69, 9.17) is 0 Å². The van der Waals surface area contributed by atoms with Gasteiger partial charge in [0.05, 0.1) is 0 Å². The molecule has 5 nitrogen and oxygen atoms in total. The zero-order valence-electron chi connectivity index (χ0n) is 19.3. The maximum atomic E-state index is 13.9. The fourth-order valence-corrected chi connectivity index (χ4v) is 4.53.